The van der Waals surface area contributed by atoms with Crippen LogP contribution >= 0.6 is 0 Å². The molecule has 1 fully saturated rings. The lowest BCUT2D eigenvalue weighted by Crippen LogP contribution is -2.35. The molecule has 1 heterocycles. The van der Waals surface area contributed by atoms with Crippen molar-refractivity contribution in [2.45, 2.75) is 34.6 Å². The van der Waals surface area contributed by atoms with Crippen molar-refractivity contribution >= 4 is 17.5 Å². The Morgan fingerprint density at radius 2 is 1.22 bits per heavy atom. The SMILES string of the molecule is Cc1ccc(N2C(=O)C(C)(C)C(C)(C)C2=O)cc1. The molecule has 0 N–H and O–H groups in total. The molecule has 3 heteroatoms. The third-order valence-electron chi connectivity index (χ3n) is 4.33. The van der Waals surface area contributed by atoms with Gasteiger partial charge in [-0.25, -0.2) is 4.90 Å². The molecule has 0 aliphatic carbocycles. The fraction of sp³-hybridized carbons (Fsp3) is 0.467. The van der Waals surface area contributed by atoms with Gasteiger partial charge >= 0.3 is 0 Å². The summed E-state index contributed by atoms with van der Waals surface area (Å²) < 4.78 is 0. The van der Waals surface area contributed by atoms with Crippen LogP contribution in [0.2, 0.25) is 0 Å². The Labute approximate surface area is 108 Å². The van der Waals surface area contributed by atoms with Gasteiger partial charge in [-0.3, -0.25) is 9.59 Å². The molecular formula is C15H19NO2. The molecule has 2 rings (SSSR count). The van der Waals surface area contributed by atoms with Crippen molar-refractivity contribution in [2.24, 2.45) is 10.8 Å². The van der Waals surface area contributed by atoms with E-state index >= 15 is 0 Å². The fourth-order valence-electron chi connectivity index (χ4n) is 2.11. The summed E-state index contributed by atoms with van der Waals surface area (Å²) in [6, 6.07) is 7.47. The third kappa shape index (κ3) is 1.50. The minimum absolute atomic E-state index is 0.124. The summed E-state index contributed by atoms with van der Waals surface area (Å²) in [7, 11) is 0. The Balaban J connectivity index is 2.51. The second-order valence-electron chi connectivity index (χ2n) is 6.03. The molecular weight excluding hydrogens is 226 g/mol. The average molecular weight is 245 g/mol. The molecule has 0 saturated carbocycles. The summed E-state index contributed by atoms with van der Waals surface area (Å²) in [5, 5.41) is 0. The van der Waals surface area contributed by atoms with E-state index in [0.717, 1.165) is 5.56 Å². The molecule has 96 valence electrons. The van der Waals surface area contributed by atoms with Crippen molar-refractivity contribution in [2.75, 3.05) is 4.90 Å². The Morgan fingerprint density at radius 3 is 1.61 bits per heavy atom. The Kier molecular flexibility index (Phi) is 2.61. The molecule has 18 heavy (non-hydrogen) atoms. The molecule has 0 atom stereocenters. The van der Waals surface area contributed by atoms with Crippen LogP contribution in [0.5, 0.6) is 0 Å². The van der Waals surface area contributed by atoms with Crippen molar-refractivity contribution in [3.05, 3.63) is 29.8 Å². The Hall–Kier alpha value is -1.64. The monoisotopic (exact) mass is 245 g/mol. The van der Waals surface area contributed by atoms with E-state index in [9.17, 15) is 9.59 Å². The number of aryl methyl sites for hydroxylation is 1. The number of imide groups is 1. The zero-order valence-corrected chi connectivity index (χ0v) is 11.6. The van der Waals surface area contributed by atoms with E-state index in [4.69, 9.17) is 0 Å². The third-order valence-corrected chi connectivity index (χ3v) is 4.33. The lowest BCUT2D eigenvalue weighted by molar-refractivity contribution is -0.129. The molecule has 1 aliphatic rings. The molecule has 0 unspecified atom stereocenters. The highest BCUT2D eigenvalue weighted by atomic mass is 16.2. The molecule has 1 aromatic rings. The van der Waals surface area contributed by atoms with Crippen LogP contribution in [0.4, 0.5) is 5.69 Å². The first-order valence-electron chi connectivity index (χ1n) is 6.15. The standard InChI is InChI=1S/C15H19NO2/c1-10-6-8-11(9-7-10)16-12(17)14(2,3)15(4,5)13(16)18/h6-9H,1-5H3. The lowest BCUT2D eigenvalue weighted by Gasteiger charge is -2.28. The maximum atomic E-state index is 12.4. The first-order chi connectivity index (χ1) is 8.19. The van der Waals surface area contributed by atoms with Crippen molar-refractivity contribution in [1.29, 1.82) is 0 Å². The van der Waals surface area contributed by atoms with Gasteiger partial charge in [0.05, 0.1) is 16.5 Å². The Bertz CT molecular complexity index is 486. The van der Waals surface area contributed by atoms with Gasteiger partial charge in [0, 0.05) is 0 Å². The van der Waals surface area contributed by atoms with E-state index in [0.29, 0.717) is 5.69 Å². The van der Waals surface area contributed by atoms with Crippen molar-refractivity contribution in [3.8, 4) is 0 Å². The van der Waals surface area contributed by atoms with E-state index < -0.39 is 10.8 Å². The molecule has 2 amide bonds. The van der Waals surface area contributed by atoms with Gasteiger partial charge in [0.25, 0.3) is 0 Å². The highest BCUT2D eigenvalue weighted by Crippen LogP contribution is 2.48. The summed E-state index contributed by atoms with van der Waals surface area (Å²) in [5.41, 5.74) is 0.426. The van der Waals surface area contributed by atoms with Crippen LogP contribution in [-0.2, 0) is 9.59 Å². The van der Waals surface area contributed by atoms with Gasteiger partial charge in [0.15, 0.2) is 0 Å². The van der Waals surface area contributed by atoms with Gasteiger partial charge in [-0.15, -0.1) is 0 Å². The van der Waals surface area contributed by atoms with Crippen molar-refractivity contribution in [1.82, 2.24) is 0 Å². The molecule has 0 spiro atoms. The zero-order valence-electron chi connectivity index (χ0n) is 11.6. The van der Waals surface area contributed by atoms with Gasteiger partial charge in [-0.1, -0.05) is 17.7 Å². The molecule has 0 radical (unpaired) electrons. The summed E-state index contributed by atoms with van der Waals surface area (Å²) in [6.45, 7) is 9.32. The summed E-state index contributed by atoms with van der Waals surface area (Å²) in [6.07, 6.45) is 0. The largest absolute Gasteiger partial charge is 0.273 e. The van der Waals surface area contributed by atoms with Gasteiger partial charge in [-0.05, 0) is 46.8 Å². The van der Waals surface area contributed by atoms with Crippen LogP contribution in [0.15, 0.2) is 24.3 Å². The predicted molar refractivity (Wildman–Crippen MR) is 71.2 cm³/mol. The minimum Gasteiger partial charge on any atom is -0.273 e. The number of carbonyl (C=O) groups is 2. The highest BCUT2D eigenvalue weighted by Gasteiger charge is 2.59. The van der Waals surface area contributed by atoms with Crippen molar-refractivity contribution < 1.29 is 9.59 Å². The van der Waals surface area contributed by atoms with E-state index in [1.54, 1.807) is 0 Å². The van der Waals surface area contributed by atoms with E-state index in [1.807, 2.05) is 58.9 Å². The number of amides is 2. The van der Waals surface area contributed by atoms with Gasteiger partial charge in [0.2, 0.25) is 11.8 Å². The fourth-order valence-corrected chi connectivity index (χ4v) is 2.11. The zero-order chi connectivity index (χ0) is 13.7. The van der Waals surface area contributed by atoms with Crippen molar-refractivity contribution in [3.63, 3.8) is 0 Å². The highest BCUT2D eigenvalue weighted by molar-refractivity contribution is 6.24. The van der Waals surface area contributed by atoms with Gasteiger partial charge in [0.1, 0.15) is 0 Å². The molecule has 1 aromatic carbocycles. The smallest absolute Gasteiger partial charge is 0.240 e. The number of carbonyl (C=O) groups excluding carboxylic acids is 2. The quantitative estimate of drug-likeness (QED) is 0.713. The second-order valence-corrected chi connectivity index (χ2v) is 6.03. The molecule has 1 aliphatic heterocycles. The number of hydrogen-bond acceptors (Lipinski definition) is 2. The van der Waals surface area contributed by atoms with E-state index in [1.165, 1.54) is 4.90 Å². The van der Waals surface area contributed by atoms with Crippen LogP contribution in [0, 0.1) is 17.8 Å². The first-order valence-corrected chi connectivity index (χ1v) is 6.15. The molecule has 0 bridgehead atoms. The van der Waals surface area contributed by atoms with Crippen LogP contribution in [0.25, 0.3) is 0 Å². The second kappa shape index (κ2) is 3.67. The number of nitrogens with zero attached hydrogens (tertiary/aromatic N) is 1. The molecule has 3 nitrogen and oxygen atoms in total. The van der Waals surface area contributed by atoms with Crippen LogP contribution < -0.4 is 4.90 Å². The van der Waals surface area contributed by atoms with Crippen LogP contribution in [0.3, 0.4) is 0 Å². The number of hydrogen-bond donors (Lipinski definition) is 0. The molecule has 1 saturated heterocycles. The predicted octanol–water partition coefficient (Wildman–Crippen LogP) is 2.92. The minimum atomic E-state index is -0.672. The van der Waals surface area contributed by atoms with Crippen LogP contribution in [0.1, 0.15) is 33.3 Å². The number of benzene rings is 1. The van der Waals surface area contributed by atoms with Crippen LogP contribution in [-0.4, -0.2) is 11.8 Å². The topological polar surface area (TPSA) is 37.4 Å². The van der Waals surface area contributed by atoms with Gasteiger partial charge < -0.3 is 0 Å². The number of rotatable bonds is 1. The van der Waals surface area contributed by atoms with Gasteiger partial charge in [-0.2, -0.15) is 0 Å². The summed E-state index contributed by atoms with van der Waals surface area (Å²) in [4.78, 5) is 26.2. The maximum absolute atomic E-state index is 12.4. The summed E-state index contributed by atoms with van der Waals surface area (Å²) in [5.74, 6) is -0.247. The first kappa shape index (κ1) is 12.8. The number of anilines is 1. The Morgan fingerprint density at radius 1 is 0.833 bits per heavy atom. The normalized spacial score (nSPS) is 21.5. The average Bonchev–Trinajstić information content (AvgIpc) is 2.41. The maximum Gasteiger partial charge on any atom is 0.240 e. The van der Waals surface area contributed by atoms with E-state index in [-0.39, 0.29) is 11.8 Å². The summed E-state index contributed by atoms with van der Waals surface area (Å²) >= 11 is 0. The molecule has 0 aromatic heterocycles. The van der Waals surface area contributed by atoms with E-state index in [2.05, 4.69) is 0 Å². The lowest BCUT2D eigenvalue weighted by atomic mass is 9.70.